The molecule has 0 aliphatic carbocycles. The molecule has 1 atom stereocenters. The van der Waals surface area contributed by atoms with E-state index in [4.69, 9.17) is 10.5 Å². The predicted octanol–water partition coefficient (Wildman–Crippen LogP) is 2.65. The topological polar surface area (TPSA) is 64.3 Å². The fourth-order valence-electron chi connectivity index (χ4n) is 2.21. The molecule has 5 heteroatoms. The van der Waals surface area contributed by atoms with Gasteiger partial charge in [-0.25, -0.2) is 0 Å². The molecule has 0 radical (unpaired) electrons. The smallest absolute Gasteiger partial charge is 0.244 e. The molecule has 3 N–H and O–H groups in total. The lowest BCUT2D eigenvalue weighted by molar-refractivity contribution is -0.126. The molecule has 2 aromatic carbocycles. The second-order valence-electron chi connectivity index (χ2n) is 5.42. The highest BCUT2D eigenvalue weighted by Crippen LogP contribution is 2.17. The predicted molar refractivity (Wildman–Crippen MR) is 94.9 cm³/mol. The van der Waals surface area contributed by atoms with Gasteiger partial charge in [-0.2, -0.15) is 0 Å². The standard InChI is InChI=1S/C18H22N2O2.ClH/c1-18(19,15-6-4-3-5-7-15)17(21)20-13-12-14-8-10-16(22-2)11-9-14;/h3-11H,12-13,19H2,1-2H3,(H,20,21);1H. The third-order valence-corrected chi connectivity index (χ3v) is 3.70. The number of nitrogens with two attached hydrogens (primary N) is 1. The molecular weight excluding hydrogens is 312 g/mol. The lowest BCUT2D eigenvalue weighted by Crippen LogP contribution is -2.49. The SMILES string of the molecule is COc1ccc(CCNC(=O)C(C)(N)c2ccccc2)cc1.Cl. The Kier molecular flexibility index (Phi) is 7.07. The fourth-order valence-corrected chi connectivity index (χ4v) is 2.21. The van der Waals surface area contributed by atoms with Crippen molar-refractivity contribution < 1.29 is 9.53 Å². The number of rotatable bonds is 6. The molecule has 2 aromatic rings. The van der Waals surface area contributed by atoms with E-state index >= 15 is 0 Å². The van der Waals surface area contributed by atoms with E-state index < -0.39 is 5.54 Å². The maximum atomic E-state index is 12.3. The van der Waals surface area contributed by atoms with E-state index in [9.17, 15) is 4.79 Å². The zero-order valence-corrected chi connectivity index (χ0v) is 14.2. The number of benzene rings is 2. The second-order valence-corrected chi connectivity index (χ2v) is 5.42. The van der Waals surface area contributed by atoms with Crippen LogP contribution in [-0.2, 0) is 16.8 Å². The summed E-state index contributed by atoms with van der Waals surface area (Å²) in [5.74, 6) is 0.651. The molecule has 0 saturated heterocycles. The monoisotopic (exact) mass is 334 g/mol. The van der Waals surface area contributed by atoms with Crippen LogP contribution in [0.3, 0.4) is 0 Å². The van der Waals surface area contributed by atoms with Crippen LogP contribution in [0.5, 0.6) is 5.75 Å². The van der Waals surface area contributed by atoms with Crippen molar-refractivity contribution in [2.24, 2.45) is 5.73 Å². The summed E-state index contributed by atoms with van der Waals surface area (Å²) < 4.78 is 5.12. The van der Waals surface area contributed by atoms with E-state index in [1.54, 1.807) is 14.0 Å². The van der Waals surface area contributed by atoms with E-state index in [1.165, 1.54) is 0 Å². The van der Waals surface area contributed by atoms with E-state index in [0.717, 1.165) is 23.3 Å². The van der Waals surface area contributed by atoms with Gasteiger partial charge in [0.25, 0.3) is 0 Å². The quantitative estimate of drug-likeness (QED) is 0.853. The highest BCUT2D eigenvalue weighted by Gasteiger charge is 2.29. The van der Waals surface area contributed by atoms with Crippen LogP contribution >= 0.6 is 12.4 Å². The van der Waals surface area contributed by atoms with Gasteiger partial charge < -0.3 is 15.8 Å². The first kappa shape index (κ1) is 19.0. The third-order valence-electron chi connectivity index (χ3n) is 3.70. The molecule has 0 fully saturated rings. The molecule has 124 valence electrons. The summed E-state index contributed by atoms with van der Waals surface area (Å²) in [6, 6.07) is 17.2. The maximum Gasteiger partial charge on any atom is 0.244 e. The van der Waals surface area contributed by atoms with Gasteiger partial charge in [-0.3, -0.25) is 4.79 Å². The lowest BCUT2D eigenvalue weighted by atomic mass is 9.92. The molecule has 2 rings (SSSR count). The molecule has 0 bridgehead atoms. The minimum atomic E-state index is -1.03. The summed E-state index contributed by atoms with van der Waals surface area (Å²) in [5, 5.41) is 2.90. The first-order chi connectivity index (χ1) is 10.5. The van der Waals surface area contributed by atoms with Gasteiger partial charge in [0.05, 0.1) is 7.11 Å². The normalized spacial score (nSPS) is 12.7. The summed E-state index contributed by atoms with van der Waals surface area (Å²) in [4.78, 5) is 12.3. The molecule has 0 aliphatic heterocycles. The van der Waals surface area contributed by atoms with Crippen LogP contribution in [0.15, 0.2) is 54.6 Å². The van der Waals surface area contributed by atoms with Crippen molar-refractivity contribution in [3.8, 4) is 5.75 Å². The van der Waals surface area contributed by atoms with Crippen molar-refractivity contribution in [1.82, 2.24) is 5.32 Å². The highest BCUT2D eigenvalue weighted by atomic mass is 35.5. The fraction of sp³-hybridized carbons (Fsp3) is 0.278. The average Bonchev–Trinajstić information content (AvgIpc) is 2.56. The van der Waals surface area contributed by atoms with Crippen LogP contribution in [0.2, 0.25) is 0 Å². The van der Waals surface area contributed by atoms with Crippen molar-refractivity contribution in [2.75, 3.05) is 13.7 Å². The Hall–Kier alpha value is -2.04. The minimum absolute atomic E-state index is 0. The number of hydrogen-bond donors (Lipinski definition) is 2. The second kappa shape index (κ2) is 8.56. The Morgan fingerprint density at radius 3 is 2.30 bits per heavy atom. The summed E-state index contributed by atoms with van der Waals surface area (Å²) in [6.45, 7) is 2.27. The van der Waals surface area contributed by atoms with Crippen LogP contribution in [0.4, 0.5) is 0 Å². The van der Waals surface area contributed by atoms with Crippen molar-refractivity contribution in [1.29, 1.82) is 0 Å². The van der Waals surface area contributed by atoms with Crippen molar-refractivity contribution >= 4 is 18.3 Å². The summed E-state index contributed by atoms with van der Waals surface area (Å²) in [6.07, 6.45) is 0.751. The molecule has 0 aliphatic rings. The Bertz CT molecular complexity index is 613. The third kappa shape index (κ3) is 4.98. The maximum absolute atomic E-state index is 12.3. The van der Waals surface area contributed by atoms with Crippen molar-refractivity contribution in [2.45, 2.75) is 18.9 Å². The van der Waals surface area contributed by atoms with Crippen molar-refractivity contribution in [3.63, 3.8) is 0 Å². The van der Waals surface area contributed by atoms with Crippen LogP contribution in [-0.4, -0.2) is 19.6 Å². The number of hydrogen-bond acceptors (Lipinski definition) is 3. The van der Waals surface area contributed by atoms with E-state index in [-0.39, 0.29) is 18.3 Å². The first-order valence-corrected chi connectivity index (χ1v) is 7.29. The number of carbonyl (C=O) groups excluding carboxylic acids is 1. The van der Waals surface area contributed by atoms with E-state index in [0.29, 0.717) is 6.54 Å². The summed E-state index contributed by atoms with van der Waals surface area (Å²) in [5.41, 5.74) is 7.08. The average molecular weight is 335 g/mol. The largest absolute Gasteiger partial charge is 0.497 e. The molecule has 1 unspecified atom stereocenters. The Labute approximate surface area is 143 Å². The summed E-state index contributed by atoms with van der Waals surface area (Å²) >= 11 is 0. The van der Waals surface area contributed by atoms with E-state index in [1.807, 2.05) is 54.6 Å². The lowest BCUT2D eigenvalue weighted by Gasteiger charge is -2.24. The Morgan fingerprint density at radius 2 is 1.74 bits per heavy atom. The van der Waals surface area contributed by atoms with Crippen LogP contribution in [0, 0.1) is 0 Å². The summed E-state index contributed by atoms with van der Waals surface area (Å²) in [7, 11) is 1.64. The van der Waals surface area contributed by atoms with E-state index in [2.05, 4.69) is 5.32 Å². The van der Waals surface area contributed by atoms with Gasteiger partial charge in [0.2, 0.25) is 5.91 Å². The molecule has 0 aromatic heterocycles. The Morgan fingerprint density at radius 1 is 1.13 bits per heavy atom. The number of methoxy groups -OCH3 is 1. The van der Waals surface area contributed by atoms with Gasteiger partial charge in [0, 0.05) is 6.54 Å². The van der Waals surface area contributed by atoms with Gasteiger partial charge >= 0.3 is 0 Å². The number of nitrogens with one attached hydrogen (secondary N) is 1. The first-order valence-electron chi connectivity index (χ1n) is 7.29. The highest BCUT2D eigenvalue weighted by molar-refractivity contribution is 5.87. The van der Waals surface area contributed by atoms with Crippen molar-refractivity contribution in [3.05, 3.63) is 65.7 Å². The Balaban J connectivity index is 0.00000264. The molecule has 23 heavy (non-hydrogen) atoms. The minimum Gasteiger partial charge on any atom is -0.497 e. The molecular formula is C18H23ClN2O2. The molecule has 0 saturated carbocycles. The molecule has 1 amide bonds. The van der Waals surface area contributed by atoms with Crippen LogP contribution in [0.1, 0.15) is 18.1 Å². The van der Waals surface area contributed by atoms with Crippen LogP contribution < -0.4 is 15.8 Å². The molecule has 4 nitrogen and oxygen atoms in total. The number of ether oxygens (including phenoxy) is 1. The van der Waals surface area contributed by atoms with Crippen LogP contribution in [0.25, 0.3) is 0 Å². The molecule has 0 heterocycles. The van der Waals surface area contributed by atoms with Gasteiger partial charge in [-0.1, -0.05) is 42.5 Å². The van der Waals surface area contributed by atoms with Gasteiger partial charge in [0.15, 0.2) is 0 Å². The van der Waals surface area contributed by atoms with Gasteiger partial charge in [-0.15, -0.1) is 12.4 Å². The number of amides is 1. The zero-order valence-electron chi connectivity index (χ0n) is 13.4. The molecule has 0 spiro atoms. The van der Waals surface area contributed by atoms with Gasteiger partial charge in [-0.05, 0) is 36.6 Å². The number of carbonyl (C=O) groups is 1. The zero-order chi connectivity index (χ0) is 16.0. The van der Waals surface area contributed by atoms with Gasteiger partial charge in [0.1, 0.15) is 11.3 Å². The number of halogens is 1.